The van der Waals surface area contributed by atoms with E-state index in [9.17, 15) is 9.59 Å². The van der Waals surface area contributed by atoms with E-state index in [0.717, 1.165) is 0 Å². The smallest absolute Gasteiger partial charge is 0.327 e. The average Bonchev–Trinajstić information content (AvgIpc) is 2.71. The molecular weight excluding hydrogens is 270 g/mol. The van der Waals surface area contributed by atoms with Crippen LogP contribution in [-0.4, -0.2) is 19.9 Å². The lowest BCUT2D eigenvalue weighted by Crippen LogP contribution is -2.21. The largest absolute Gasteiger partial charge is 0.399 e. The van der Waals surface area contributed by atoms with Gasteiger partial charge in [0.05, 0.1) is 0 Å². The van der Waals surface area contributed by atoms with E-state index >= 15 is 0 Å². The minimum atomic E-state index is -0.610. The molecular formula is C11H8ClN5O2. The van der Waals surface area contributed by atoms with Crippen molar-refractivity contribution < 1.29 is 0 Å². The number of aromatic amines is 3. The topological polar surface area (TPSA) is 120 Å². The van der Waals surface area contributed by atoms with Crippen LogP contribution in [-0.2, 0) is 0 Å². The molecule has 0 fully saturated rings. The number of nitrogen functional groups attached to an aromatic ring is 1. The second kappa shape index (κ2) is 3.99. The maximum absolute atomic E-state index is 11.6. The van der Waals surface area contributed by atoms with E-state index in [1.807, 2.05) is 0 Å². The fourth-order valence-corrected chi connectivity index (χ4v) is 2.06. The third-order valence-corrected chi connectivity index (χ3v) is 2.80. The number of imidazole rings is 1. The van der Waals surface area contributed by atoms with Gasteiger partial charge >= 0.3 is 5.69 Å². The summed E-state index contributed by atoms with van der Waals surface area (Å²) in [4.78, 5) is 34.2. The van der Waals surface area contributed by atoms with Gasteiger partial charge < -0.3 is 10.7 Å². The number of anilines is 1. The van der Waals surface area contributed by atoms with Gasteiger partial charge in [0.1, 0.15) is 11.3 Å². The molecule has 3 rings (SSSR count). The molecule has 0 aliphatic rings. The molecule has 0 radical (unpaired) electrons. The molecule has 0 spiro atoms. The predicted molar refractivity (Wildman–Crippen MR) is 72.2 cm³/mol. The van der Waals surface area contributed by atoms with E-state index in [1.54, 1.807) is 18.2 Å². The zero-order valence-corrected chi connectivity index (χ0v) is 10.2. The Kier molecular flexibility index (Phi) is 2.42. The number of nitrogens with zero attached hydrogens (tertiary/aromatic N) is 1. The minimum absolute atomic E-state index is 0.183. The van der Waals surface area contributed by atoms with Crippen LogP contribution in [0.5, 0.6) is 0 Å². The Balaban J connectivity index is 2.29. The fourth-order valence-electron chi connectivity index (χ4n) is 1.82. The number of H-pyrrole nitrogens is 3. The maximum atomic E-state index is 11.6. The number of nitrogens with two attached hydrogens (primary N) is 1. The first-order valence-corrected chi connectivity index (χ1v) is 5.69. The Labute approximate surface area is 110 Å². The number of hydrogen-bond acceptors (Lipinski definition) is 4. The predicted octanol–water partition coefficient (Wildman–Crippen LogP) is 0.842. The van der Waals surface area contributed by atoms with Crippen LogP contribution in [0.1, 0.15) is 0 Å². The summed E-state index contributed by atoms with van der Waals surface area (Å²) in [7, 11) is 0. The number of aromatic nitrogens is 4. The lowest BCUT2D eigenvalue weighted by Gasteiger charge is -1.99. The number of hydrogen-bond donors (Lipinski definition) is 4. The first-order chi connectivity index (χ1) is 9.02. The lowest BCUT2D eigenvalue weighted by atomic mass is 10.2. The van der Waals surface area contributed by atoms with Crippen molar-refractivity contribution in [3.05, 3.63) is 44.1 Å². The van der Waals surface area contributed by atoms with Crippen LogP contribution in [0.25, 0.3) is 22.6 Å². The summed E-state index contributed by atoms with van der Waals surface area (Å²) < 4.78 is 0. The van der Waals surface area contributed by atoms with Crippen molar-refractivity contribution in [2.24, 2.45) is 0 Å². The van der Waals surface area contributed by atoms with Gasteiger partial charge in [-0.1, -0.05) is 11.6 Å². The van der Waals surface area contributed by atoms with Gasteiger partial charge in [-0.15, -0.1) is 0 Å². The van der Waals surface area contributed by atoms with Crippen LogP contribution in [0.3, 0.4) is 0 Å². The Bertz CT molecular complexity index is 872. The second-order valence-corrected chi connectivity index (χ2v) is 4.43. The maximum Gasteiger partial charge on any atom is 0.327 e. The number of nitrogens with one attached hydrogen (secondary N) is 3. The molecule has 0 amide bonds. The van der Waals surface area contributed by atoms with Gasteiger partial charge in [-0.3, -0.25) is 14.8 Å². The van der Waals surface area contributed by atoms with E-state index in [-0.39, 0.29) is 11.2 Å². The molecule has 0 unspecified atom stereocenters. The van der Waals surface area contributed by atoms with Crippen molar-refractivity contribution in [3.8, 4) is 11.4 Å². The Morgan fingerprint density at radius 3 is 2.63 bits per heavy atom. The molecule has 0 aliphatic carbocycles. The molecule has 5 N–H and O–H groups in total. The zero-order valence-electron chi connectivity index (χ0n) is 9.45. The molecule has 0 saturated carbocycles. The number of benzene rings is 1. The Morgan fingerprint density at radius 2 is 1.89 bits per heavy atom. The number of halogens is 1. The first kappa shape index (κ1) is 11.5. The monoisotopic (exact) mass is 277 g/mol. The van der Waals surface area contributed by atoms with Crippen LogP contribution < -0.4 is 17.0 Å². The van der Waals surface area contributed by atoms with E-state index < -0.39 is 11.2 Å². The highest BCUT2D eigenvalue weighted by Gasteiger charge is 2.10. The molecule has 0 bridgehead atoms. The van der Waals surface area contributed by atoms with Crippen LogP contribution >= 0.6 is 11.6 Å². The quantitative estimate of drug-likeness (QED) is 0.493. The summed E-state index contributed by atoms with van der Waals surface area (Å²) >= 11 is 5.91. The molecule has 19 heavy (non-hydrogen) atoms. The molecule has 1 aromatic carbocycles. The first-order valence-electron chi connectivity index (χ1n) is 5.32. The van der Waals surface area contributed by atoms with Crippen molar-refractivity contribution in [2.45, 2.75) is 0 Å². The van der Waals surface area contributed by atoms with Gasteiger partial charge in [0.15, 0.2) is 5.65 Å². The molecule has 0 atom stereocenters. The third kappa shape index (κ3) is 2.00. The van der Waals surface area contributed by atoms with Gasteiger partial charge in [0, 0.05) is 16.3 Å². The van der Waals surface area contributed by atoms with E-state index in [0.29, 0.717) is 22.1 Å². The Morgan fingerprint density at radius 1 is 1.11 bits per heavy atom. The highest BCUT2D eigenvalue weighted by atomic mass is 35.5. The van der Waals surface area contributed by atoms with Crippen LogP contribution in [0.4, 0.5) is 5.69 Å². The van der Waals surface area contributed by atoms with Crippen LogP contribution in [0.2, 0.25) is 5.02 Å². The summed E-state index contributed by atoms with van der Waals surface area (Å²) in [6.07, 6.45) is 0. The molecule has 2 heterocycles. The normalized spacial score (nSPS) is 11.0. The van der Waals surface area contributed by atoms with Crippen molar-refractivity contribution >= 4 is 28.5 Å². The highest BCUT2D eigenvalue weighted by Crippen LogP contribution is 2.24. The SMILES string of the molecule is Nc1cc(Cl)cc(-c2nc3[nH]c(=O)[nH]c(=O)c3[nH]2)c1. The zero-order chi connectivity index (χ0) is 13.6. The summed E-state index contributed by atoms with van der Waals surface area (Å²) in [5, 5.41) is 0.456. The van der Waals surface area contributed by atoms with Crippen molar-refractivity contribution in [1.29, 1.82) is 0 Å². The van der Waals surface area contributed by atoms with Crippen LogP contribution in [0, 0.1) is 0 Å². The molecule has 0 saturated heterocycles. The van der Waals surface area contributed by atoms with Gasteiger partial charge in [0.25, 0.3) is 5.56 Å². The summed E-state index contributed by atoms with van der Waals surface area (Å²) in [6, 6.07) is 4.92. The van der Waals surface area contributed by atoms with E-state index in [2.05, 4.69) is 19.9 Å². The van der Waals surface area contributed by atoms with E-state index in [1.165, 1.54) is 0 Å². The Hall–Kier alpha value is -2.54. The highest BCUT2D eigenvalue weighted by molar-refractivity contribution is 6.31. The molecule has 96 valence electrons. The van der Waals surface area contributed by atoms with Gasteiger partial charge in [0.2, 0.25) is 0 Å². The lowest BCUT2D eigenvalue weighted by molar-refractivity contribution is 1.07. The fraction of sp³-hybridized carbons (Fsp3) is 0. The van der Waals surface area contributed by atoms with Gasteiger partial charge in [-0.05, 0) is 18.2 Å². The molecule has 3 aromatic rings. The van der Waals surface area contributed by atoms with Gasteiger partial charge in [-0.2, -0.15) is 0 Å². The van der Waals surface area contributed by atoms with Crippen molar-refractivity contribution in [1.82, 2.24) is 19.9 Å². The van der Waals surface area contributed by atoms with Crippen molar-refractivity contribution in [2.75, 3.05) is 5.73 Å². The number of rotatable bonds is 1. The van der Waals surface area contributed by atoms with Gasteiger partial charge in [-0.25, -0.2) is 9.78 Å². The standard InChI is InChI=1S/C11H8ClN5O2/c12-5-1-4(2-6(13)3-5)8-14-7-9(15-8)16-11(19)17-10(7)18/h1-3H,13H2,(H3,14,15,16,17,18,19). The third-order valence-electron chi connectivity index (χ3n) is 2.58. The summed E-state index contributed by atoms with van der Waals surface area (Å²) in [5.41, 5.74) is 6.02. The summed E-state index contributed by atoms with van der Waals surface area (Å²) in [5.74, 6) is 0.400. The molecule has 2 aromatic heterocycles. The minimum Gasteiger partial charge on any atom is -0.399 e. The average molecular weight is 278 g/mol. The molecule has 7 nitrogen and oxygen atoms in total. The van der Waals surface area contributed by atoms with Crippen molar-refractivity contribution in [3.63, 3.8) is 0 Å². The second-order valence-electron chi connectivity index (χ2n) is 3.99. The molecule has 8 heteroatoms. The summed E-state index contributed by atoms with van der Waals surface area (Å²) in [6.45, 7) is 0. The van der Waals surface area contributed by atoms with Crippen LogP contribution in [0.15, 0.2) is 27.8 Å². The molecule has 0 aliphatic heterocycles. The van der Waals surface area contributed by atoms with E-state index in [4.69, 9.17) is 17.3 Å². The number of fused-ring (bicyclic) bond motifs is 1.